The van der Waals surface area contributed by atoms with Gasteiger partial charge >= 0.3 is 0 Å². The van der Waals surface area contributed by atoms with E-state index in [1.807, 2.05) is 0 Å². The summed E-state index contributed by atoms with van der Waals surface area (Å²) in [5, 5.41) is 0. The summed E-state index contributed by atoms with van der Waals surface area (Å²) in [4.78, 5) is 0. The van der Waals surface area contributed by atoms with Crippen molar-refractivity contribution in [1.82, 2.24) is 0 Å². The van der Waals surface area contributed by atoms with Gasteiger partial charge < -0.3 is 0 Å². The van der Waals surface area contributed by atoms with Gasteiger partial charge in [0.05, 0.1) is 0 Å². The van der Waals surface area contributed by atoms with E-state index in [-0.39, 0.29) is 0 Å². The van der Waals surface area contributed by atoms with E-state index >= 15 is 0 Å². The van der Waals surface area contributed by atoms with Crippen molar-refractivity contribution >= 4 is 0 Å². The maximum Gasteiger partial charge on any atom is 0.00662 e. The van der Waals surface area contributed by atoms with E-state index in [1.54, 1.807) is 0 Å². The van der Waals surface area contributed by atoms with Gasteiger partial charge in [-0.3, -0.25) is 0 Å². The predicted molar refractivity (Wildman–Crippen MR) is 57.6 cm³/mol. The highest BCUT2D eigenvalue weighted by Crippen LogP contribution is 2.62. The van der Waals surface area contributed by atoms with Crippen LogP contribution in [0.1, 0.15) is 44.9 Å². The van der Waals surface area contributed by atoms with Gasteiger partial charge in [-0.1, -0.05) is 31.4 Å². The second-order valence-corrected chi connectivity index (χ2v) is 5.06. The number of hydrogen-bond donors (Lipinski definition) is 0. The topological polar surface area (TPSA) is 0 Å². The molecule has 0 unspecified atom stereocenters. The molecule has 2 rings (SSSR count). The third-order valence-electron chi connectivity index (χ3n) is 4.14. The van der Waals surface area contributed by atoms with Crippen LogP contribution in [-0.4, -0.2) is 0 Å². The average Bonchev–Trinajstić information content (AvgIpc) is 2.15. The van der Waals surface area contributed by atoms with Crippen molar-refractivity contribution in [3.8, 4) is 0 Å². The number of allylic oxidation sites excluding steroid dienone is 2. The van der Waals surface area contributed by atoms with Crippen LogP contribution in [0.5, 0.6) is 0 Å². The fourth-order valence-electron chi connectivity index (χ4n) is 3.37. The Labute approximate surface area is 81.7 Å². The third kappa shape index (κ3) is 1.37. The molecule has 0 heterocycles. The second-order valence-electron chi connectivity index (χ2n) is 5.06. The minimum Gasteiger partial charge on any atom is -0.102 e. The zero-order valence-electron chi connectivity index (χ0n) is 8.52. The molecule has 0 bridgehead atoms. The van der Waals surface area contributed by atoms with Gasteiger partial charge in [-0.25, -0.2) is 0 Å². The highest BCUT2D eigenvalue weighted by atomic mass is 14.5. The van der Waals surface area contributed by atoms with Crippen molar-refractivity contribution in [3.63, 3.8) is 0 Å². The SMILES string of the molecule is C=CC1(C=C)CC2(CCCCC2)C1. The molecule has 0 heteroatoms. The first-order chi connectivity index (χ1) is 6.24. The highest BCUT2D eigenvalue weighted by Gasteiger charge is 2.50. The second kappa shape index (κ2) is 3.01. The lowest BCUT2D eigenvalue weighted by molar-refractivity contribution is -0.00510. The van der Waals surface area contributed by atoms with Crippen LogP contribution in [-0.2, 0) is 0 Å². The molecule has 0 aromatic heterocycles. The van der Waals surface area contributed by atoms with Crippen molar-refractivity contribution < 1.29 is 0 Å². The molecule has 72 valence electrons. The van der Waals surface area contributed by atoms with Gasteiger partial charge in [0.1, 0.15) is 0 Å². The lowest BCUT2D eigenvalue weighted by atomic mass is 9.48. The van der Waals surface area contributed by atoms with Crippen LogP contribution in [0.2, 0.25) is 0 Å². The minimum absolute atomic E-state index is 0.303. The van der Waals surface area contributed by atoms with E-state index < -0.39 is 0 Å². The minimum atomic E-state index is 0.303. The molecule has 2 aliphatic carbocycles. The summed E-state index contributed by atoms with van der Waals surface area (Å²) in [7, 11) is 0. The molecule has 2 aliphatic rings. The van der Waals surface area contributed by atoms with Gasteiger partial charge in [-0.15, -0.1) is 13.2 Å². The van der Waals surface area contributed by atoms with Crippen LogP contribution in [0.15, 0.2) is 25.3 Å². The van der Waals surface area contributed by atoms with Crippen molar-refractivity contribution in [2.24, 2.45) is 10.8 Å². The summed E-state index contributed by atoms with van der Waals surface area (Å²) >= 11 is 0. The Hall–Kier alpha value is -0.520. The van der Waals surface area contributed by atoms with Gasteiger partial charge in [0, 0.05) is 5.41 Å². The maximum absolute atomic E-state index is 3.93. The quantitative estimate of drug-likeness (QED) is 0.556. The predicted octanol–water partition coefficient (Wildman–Crippen LogP) is 4.09. The molecule has 0 aromatic rings. The fourth-order valence-corrected chi connectivity index (χ4v) is 3.37. The molecule has 0 aliphatic heterocycles. The number of hydrogen-bond acceptors (Lipinski definition) is 0. The Kier molecular flexibility index (Phi) is 2.09. The van der Waals surface area contributed by atoms with E-state index in [9.17, 15) is 0 Å². The van der Waals surface area contributed by atoms with E-state index in [4.69, 9.17) is 0 Å². The maximum atomic E-state index is 3.93. The van der Waals surface area contributed by atoms with Crippen molar-refractivity contribution in [3.05, 3.63) is 25.3 Å². The summed E-state index contributed by atoms with van der Waals surface area (Å²) in [6, 6.07) is 0. The molecule has 2 saturated carbocycles. The fraction of sp³-hybridized carbons (Fsp3) is 0.692. The Balaban J connectivity index is 2.01. The Morgan fingerprint density at radius 1 is 0.846 bits per heavy atom. The van der Waals surface area contributed by atoms with Crippen LogP contribution in [0.3, 0.4) is 0 Å². The highest BCUT2D eigenvalue weighted by molar-refractivity contribution is 5.18. The van der Waals surface area contributed by atoms with Gasteiger partial charge in [0.2, 0.25) is 0 Å². The smallest absolute Gasteiger partial charge is 0.00662 e. The van der Waals surface area contributed by atoms with Crippen LogP contribution >= 0.6 is 0 Å². The molecule has 0 amide bonds. The Morgan fingerprint density at radius 2 is 1.38 bits per heavy atom. The van der Waals surface area contributed by atoms with Crippen LogP contribution in [0.25, 0.3) is 0 Å². The zero-order chi connectivity index (χ0) is 9.36. The lowest BCUT2D eigenvalue weighted by Crippen LogP contribution is -2.45. The molecule has 0 radical (unpaired) electrons. The number of rotatable bonds is 2. The Morgan fingerprint density at radius 3 is 1.85 bits per heavy atom. The molecule has 13 heavy (non-hydrogen) atoms. The summed E-state index contributed by atoms with van der Waals surface area (Å²) < 4.78 is 0. The first-order valence-electron chi connectivity index (χ1n) is 5.52. The van der Waals surface area contributed by atoms with E-state index in [1.165, 1.54) is 44.9 Å². The molecule has 2 fully saturated rings. The molecular weight excluding hydrogens is 156 g/mol. The molecule has 0 aromatic carbocycles. The van der Waals surface area contributed by atoms with E-state index in [0.29, 0.717) is 10.8 Å². The van der Waals surface area contributed by atoms with Gasteiger partial charge in [0.15, 0.2) is 0 Å². The van der Waals surface area contributed by atoms with Crippen LogP contribution in [0, 0.1) is 10.8 Å². The van der Waals surface area contributed by atoms with Gasteiger partial charge in [0.25, 0.3) is 0 Å². The average molecular weight is 176 g/mol. The molecule has 0 saturated heterocycles. The molecule has 1 spiro atoms. The molecule has 0 atom stereocenters. The van der Waals surface area contributed by atoms with Gasteiger partial charge in [-0.05, 0) is 31.1 Å². The first kappa shape index (κ1) is 9.05. The van der Waals surface area contributed by atoms with Crippen molar-refractivity contribution in [1.29, 1.82) is 0 Å². The summed E-state index contributed by atoms with van der Waals surface area (Å²) in [6.07, 6.45) is 14.1. The van der Waals surface area contributed by atoms with Gasteiger partial charge in [-0.2, -0.15) is 0 Å². The van der Waals surface area contributed by atoms with Crippen LogP contribution < -0.4 is 0 Å². The standard InChI is InChI=1S/C13H20/c1-3-12(4-2)10-13(11-12)8-6-5-7-9-13/h3-4H,1-2,5-11H2. The van der Waals surface area contributed by atoms with E-state index in [2.05, 4.69) is 25.3 Å². The molecule has 0 N–H and O–H groups in total. The molecule has 0 nitrogen and oxygen atoms in total. The summed E-state index contributed by atoms with van der Waals surface area (Å²) in [5.74, 6) is 0. The zero-order valence-corrected chi connectivity index (χ0v) is 8.52. The summed E-state index contributed by atoms with van der Waals surface area (Å²) in [5.41, 5.74) is 0.998. The van der Waals surface area contributed by atoms with Crippen molar-refractivity contribution in [2.75, 3.05) is 0 Å². The normalized spacial score (nSPS) is 29.2. The van der Waals surface area contributed by atoms with Crippen LogP contribution in [0.4, 0.5) is 0 Å². The van der Waals surface area contributed by atoms with E-state index in [0.717, 1.165) is 0 Å². The molecular formula is C13H20. The first-order valence-corrected chi connectivity index (χ1v) is 5.52. The third-order valence-corrected chi connectivity index (χ3v) is 4.14. The Bertz CT molecular complexity index is 200. The van der Waals surface area contributed by atoms with Crippen molar-refractivity contribution in [2.45, 2.75) is 44.9 Å². The summed E-state index contributed by atoms with van der Waals surface area (Å²) in [6.45, 7) is 7.86. The lowest BCUT2D eigenvalue weighted by Gasteiger charge is -2.56. The largest absolute Gasteiger partial charge is 0.102 e. The monoisotopic (exact) mass is 176 g/mol.